The van der Waals surface area contributed by atoms with Crippen molar-refractivity contribution < 1.29 is 49.5 Å². The molecule has 0 saturated heterocycles. The fraction of sp³-hybridized carbons (Fsp3) is 0.222. The van der Waals surface area contributed by atoms with Crippen LogP contribution in [0, 0.1) is 30.3 Å². The van der Waals surface area contributed by atoms with Gasteiger partial charge in [0, 0.05) is 11.6 Å². The fourth-order valence-corrected chi connectivity index (χ4v) is 5.40. The first-order valence-corrected chi connectivity index (χ1v) is 13.2. The topological polar surface area (TPSA) is 87.3 Å². The number of hydrogen-bond donors (Lipinski definition) is 3. The van der Waals surface area contributed by atoms with Gasteiger partial charge in [-0.15, -0.1) is 23.2 Å². The highest BCUT2D eigenvalue weighted by Crippen LogP contribution is 2.65. The van der Waals surface area contributed by atoms with E-state index in [1.807, 2.05) is 0 Å². The lowest BCUT2D eigenvalue weighted by Gasteiger charge is -2.14. The van der Waals surface area contributed by atoms with Gasteiger partial charge in [-0.3, -0.25) is 14.4 Å². The summed E-state index contributed by atoms with van der Waals surface area (Å²) in [4.78, 5) is 37.3. The molecule has 2 atom stereocenters. The van der Waals surface area contributed by atoms with E-state index in [2.05, 4.69) is 10.6 Å². The molecular weight excluding hydrogens is 673 g/mol. The third-order valence-electron chi connectivity index (χ3n) is 6.54. The number of alkyl halides is 7. The second-order valence-corrected chi connectivity index (χ2v) is 11.4. The molecule has 1 aliphatic rings. The van der Waals surface area contributed by atoms with Crippen molar-refractivity contribution in [3.05, 3.63) is 87.2 Å². The minimum Gasteiger partial charge on any atom is -0.326 e. The minimum absolute atomic E-state index is 0.0728. The first-order chi connectivity index (χ1) is 20.3. The highest BCUT2D eigenvalue weighted by atomic mass is 35.5. The number of carbonyl (C=O) groups excluding carboxylic acids is 3. The van der Waals surface area contributed by atoms with E-state index in [0.717, 1.165) is 18.2 Å². The Kier molecular flexibility index (Phi) is 9.11. The second-order valence-electron chi connectivity index (χ2n) is 9.54. The molecule has 6 nitrogen and oxygen atoms in total. The van der Waals surface area contributed by atoms with E-state index in [4.69, 9.17) is 34.8 Å². The molecule has 1 fully saturated rings. The van der Waals surface area contributed by atoms with Gasteiger partial charge in [-0.05, 0) is 54.4 Å². The Hall–Kier alpha value is -3.62. The van der Waals surface area contributed by atoms with Crippen LogP contribution in [0.5, 0.6) is 0 Å². The van der Waals surface area contributed by atoms with E-state index in [1.165, 1.54) is 18.3 Å². The molecule has 234 valence electrons. The zero-order chi connectivity index (χ0) is 32.9. The molecule has 17 heteroatoms. The molecule has 1 aliphatic carbocycles. The van der Waals surface area contributed by atoms with Crippen molar-refractivity contribution >= 4 is 69.6 Å². The zero-order valence-corrected chi connectivity index (χ0v) is 23.9. The van der Waals surface area contributed by atoms with Crippen LogP contribution in [0.1, 0.15) is 33.0 Å². The van der Waals surface area contributed by atoms with Crippen molar-refractivity contribution in [3.8, 4) is 0 Å². The second kappa shape index (κ2) is 12.1. The highest BCUT2D eigenvalue weighted by molar-refractivity contribution is 6.53. The molecule has 0 spiro atoms. The van der Waals surface area contributed by atoms with E-state index >= 15 is 0 Å². The summed E-state index contributed by atoms with van der Waals surface area (Å²) in [5.41, 5.74) is -3.91. The van der Waals surface area contributed by atoms with Crippen molar-refractivity contribution in [2.45, 2.75) is 29.8 Å². The number of carbonyl (C=O) groups is 3. The summed E-state index contributed by atoms with van der Waals surface area (Å²) in [5, 5.41) is 5.68. The summed E-state index contributed by atoms with van der Waals surface area (Å²) in [6.45, 7) is 1.43. The SMILES string of the molecule is Cc1cc(NC(=O)[C@H]2[C@H](c3ccc(F)c(C(F)(F)F)c3)C2(Cl)Cl)cc(C(=O)Nc2ccc(F)c(NC(=O)C(F)F)c2F)c1Cl. The first-order valence-electron chi connectivity index (χ1n) is 12.1. The molecule has 1 saturated carbocycles. The third-order valence-corrected chi connectivity index (χ3v) is 7.99. The van der Waals surface area contributed by atoms with Gasteiger partial charge in [0.1, 0.15) is 21.7 Å². The van der Waals surface area contributed by atoms with Crippen LogP contribution >= 0.6 is 34.8 Å². The molecule has 3 aromatic rings. The molecule has 0 bridgehead atoms. The standard InChI is InChI=1S/C27H16Cl3F8N3O3/c1-9-6-11(39-24(43)18-17(26(18,29)30)10-2-3-14(31)13(7-10)27(36,37)38)8-12(19(9)28)23(42)40-16-5-4-15(32)21(20(16)33)41-25(44)22(34)35/h2-8,17-18,22H,1H3,(H,39,43)(H,40,42)(H,41,44)/t17-,18+/m0/s1. The van der Waals surface area contributed by atoms with Crippen molar-refractivity contribution in [1.82, 2.24) is 0 Å². The van der Waals surface area contributed by atoms with Crippen LogP contribution in [0.2, 0.25) is 5.02 Å². The molecule has 0 radical (unpaired) electrons. The van der Waals surface area contributed by atoms with E-state index in [1.54, 1.807) is 0 Å². The Bertz CT molecular complexity index is 1680. The van der Waals surface area contributed by atoms with Gasteiger partial charge >= 0.3 is 12.6 Å². The van der Waals surface area contributed by atoms with Gasteiger partial charge in [0.05, 0.1) is 27.8 Å². The van der Waals surface area contributed by atoms with E-state index in [9.17, 15) is 49.5 Å². The van der Waals surface area contributed by atoms with Gasteiger partial charge in [0.2, 0.25) is 5.91 Å². The van der Waals surface area contributed by atoms with Crippen LogP contribution in [0.3, 0.4) is 0 Å². The number of rotatable bonds is 7. The van der Waals surface area contributed by atoms with Crippen molar-refractivity contribution in [3.63, 3.8) is 0 Å². The molecule has 0 unspecified atom stereocenters. The van der Waals surface area contributed by atoms with Crippen molar-refractivity contribution in [2.24, 2.45) is 5.92 Å². The molecule has 3 N–H and O–H groups in total. The monoisotopic (exact) mass is 687 g/mol. The van der Waals surface area contributed by atoms with Gasteiger partial charge in [-0.25, -0.2) is 13.2 Å². The molecule has 3 amide bonds. The molecule has 4 rings (SSSR count). The molecule has 3 aromatic carbocycles. The number of anilines is 3. The number of benzene rings is 3. The van der Waals surface area contributed by atoms with Gasteiger partial charge in [-0.2, -0.15) is 22.0 Å². The van der Waals surface area contributed by atoms with Crippen LogP contribution < -0.4 is 16.0 Å². The highest BCUT2D eigenvalue weighted by Gasteiger charge is 2.67. The maximum atomic E-state index is 14.8. The Morgan fingerprint density at radius 2 is 1.55 bits per heavy atom. The lowest BCUT2D eigenvalue weighted by molar-refractivity contribution is -0.140. The average molecular weight is 689 g/mol. The van der Waals surface area contributed by atoms with Crippen LogP contribution in [0.4, 0.5) is 52.2 Å². The number of amides is 3. The normalized spacial score (nSPS) is 17.3. The van der Waals surface area contributed by atoms with Crippen LogP contribution in [-0.4, -0.2) is 28.5 Å². The van der Waals surface area contributed by atoms with E-state index in [0.29, 0.717) is 18.2 Å². The lowest BCUT2D eigenvalue weighted by atomic mass is 10.0. The third kappa shape index (κ3) is 6.57. The number of halogens is 11. The van der Waals surface area contributed by atoms with Crippen molar-refractivity contribution in [2.75, 3.05) is 16.0 Å². The zero-order valence-electron chi connectivity index (χ0n) is 21.7. The van der Waals surface area contributed by atoms with Crippen LogP contribution in [-0.2, 0) is 15.8 Å². The van der Waals surface area contributed by atoms with Gasteiger partial charge in [0.25, 0.3) is 11.8 Å². The molecule has 44 heavy (non-hydrogen) atoms. The molecular formula is C27H16Cl3F8N3O3. The molecule has 0 heterocycles. The fourth-order valence-electron chi connectivity index (χ4n) is 4.38. The molecule has 0 aromatic heterocycles. The van der Waals surface area contributed by atoms with E-state index in [-0.39, 0.29) is 27.4 Å². The van der Waals surface area contributed by atoms with E-state index < -0.39 is 80.9 Å². The summed E-state index contributed by atoms with van der Waals surface area (Å²) in [6, 6.07) is 5.79. The average Bonchev–Trinajstić information content (AvgIpc) is 3.51. The summed E-state index contributed by atoms with van der Waals surface area (Å²) in [7, 11) is 0. The predicted octanol–water partition coefficient (Wildman–Crippen LogP) is 8.07. The number of aryl methyl sites for hydroxylation is 1. The lowest BCUT2D eigenvalue weighted by Crippen LogP contribution is -2.22. The van der Waals surface area contributed by atoms with Gasteiger partial charge in [-0.1, -0.05) is 17.7 Å². The summed E-state index contributed by atoms with van der Waals surface area (Å²) >= 11 is 18.6. The number of nitrogens with one attached hydrogen (secondary N) is 3. The van der Waals surface area contributed by atoms with Gasteiger partial charge in [0.15, 0.2) is 5.82 Å². The molecule has 0 aliphatic heterocycles. The number of hydrogen-bond acceptors (Lipinski definition) is 3. The van der Waals surface area contributed by atoms with Crippen molar-refractivity contribution in [1.29, 1.82) is 0 Å². The summed E-state index contributed by atoms with van der Waals surface area (Å²) < 4.78 is 105. The van der Waals surface area contributed by atoms with Crippen LogP contribution in [0.15, 0.2) is 42.5 Å². The Balaban J connectivity index is 1.56. The first kappa shape index (κ1) is 33.3. The Labute approximate surface area is 257 Å². The smallest absolute Gasteiger partial charge is 0.326 e. The Morgan fingerprint density at radius 3 is 2.16 bits per heavy atom. The Morgan fingerprint density at radius 1 is 0.909 bits per heavy atom. The predicted molar refractivity (Wildman–Crippen MR) is 146 cm³/mol. The maximum Gasteiger partial charge on any atom is 0.419 e. The van der Waals surface area contributed by atoms with Gasteiger partial charge < -0.3 is 16.0 Å². The quantitative estimate of drug-likeness (QED) is 0.173. The summed E-state index contributed by atoms with van der Waals surface area (Å²) in [6.07, 6.45) is -8.61. The summed E-state index contributed by atoms with van der Waals surface area (Å²) in [5.74, 6) is -11.0. The minimum atomic E-state index is -5.02. The maximum absolute atomic E-state index is 14.8. The largest absolute Gasteiger partial charge is 0.419 e. The van der Waals surface area contributed by atoms with Crippen LogP contribution in [0.25, 0.3) is 0 Å².